The summed E-state index contributed by atoms with van der Waals surface area (Å²) in [4.78, 5) is 11.2. The minimum atomic E-state index is 0.0584. The van der Waals surface area contributed by atoms with Crippen LogP contribution in [0.2, 0.25) is 0 Å². The van der Waals surface area contributed by atoms with Gasteiger partial charge in [-0.25, -0.2) is 0 Å². The van der Waals surface area contributed by atoms with Gasteiger partial charge in [0.05, 0.1) is 13.2 Å². The molecule has 1 heterocycles. The van der Waals surface area contributed by atoms with Crippen LogP contribution in [0, 0.1) is 0 Å². The molecule has 1 aliphatic heterocycles. The molecule has 0 N–H and O–H groups in total. The van der Waals surface area contributed by atoms with Crippen LogP contribution in [0.25, 0.3) is 0 Å². The summed E-state index contributed by atoms with van der Waals surface area (Å²) in [7, 11) is 0. The van der Waals surface area contributed by atoms with E-state index < -0.39 is 0 Å². The van der Waals surface area contributed by atoms with Crippen molar-refractivity contribution in [1.29, 1.82) is 0 Å². The Morgan fingerprint density at radius 1 is 1.53 bits per heavy atom. The first kappa shape index (κ1) is 10.2. The lowest BCUT2D eigenvalue weighted by atomic mass is 10.1. The first-order chi connectivity index (χ1) is 7.25. The Labute approximate surface area is 89.0 Å². The maximum atomic E-state index is 11.2. The molecule has 2 rings (SSSR count). The van der Waals surface area contributed by atoms with Crippen molar-refractivity contribution in [2.24, 2.45) is 0 Å². The fraction of sp³-hybridized carbons (Fsp3) is 0.417. The average Bonchev–Trinajstić information content (AvgIpc) is 2.71. The third-order valence-electron chi connectivity index (χ3n) is 2.43. The monoisotopic (exact) mass is 206 g/mol. The van der Waals surface area contributed by atoms with Gasteiger partial charge >= 0.3 is 0 Å². The van der Waals surface area contributed by atoms with Crippen molar-refractivity contribution in [2.45, 2.75) is 19.4 Å². The van der Waals surface area contributed by atoms with E-state index in [1.807, 2.05) is 12.1 Å². The molecular formula is C12H14O3. The summed E-state index contributed by atoms with van der Waals surface area (Å²) in [5.74, 6) is 0.807. The van der Waals surface area contributed by atoms with E-state index in [4.69, 9.17) is 9.47 Å². The number of hydrogen-bond acceptors (Lipinski definition) is 3. The van der Waals surface area contributed by atoms with Gasteiger partial charge in [-0.05, 0) is 19.1 Å². The molecule has 3 heteroatoms. The Morgan fingerprint density at radius 2 is 2.40 bits per heavy atom. The second kappa shape index (κ2) is 4.45. The van der Waals surface area contributed by atoms with Crippen molar-refractivity contribution in [3.05, 3.63) is 29.8 Å². The van der Waals surface area contributed by atoms with Crippen LogP contribution >= 0.6 is 0 Å². The quantitative estimate of drug-likeness (QED) is 0.710. The van der Waals surface area contributed by atoms with Crippen molar-refractivity contribution in [3.8, 4) is 5.75 Å². The second-order valence-electron chi connectivity index (χ2n) is 3.69. The highest BCUT2D eigenvalue weighted by Crippen LogP contribution is 2.18. The molecule has 1 atom stereocenters. The number of ketones is 1. The molecule has 0 aliphatic carbocycles. The van der Waals surface area contributed by atoms with Crippen LogP contribution in [0.1, 0.15) is 23.7 Å². The molecule has 0 amide bonds. The normalized spacial score (nSPS) is 20.2. The number of carbonyl (C=O) groups excluding carboxylic acids is 1. The average molecular weight is 206 g/mol. The van der Waals surface area contributed by atoms with Gasteiger partial charge in [-0.15, -0.1) is 0 Å². The number of Topliss-reactive ketones (excluding diaryl/α,β-unsaturated/α-hetero) is 1. The highest BCUT2D eigenvalue weighted by molar-refractivity contribution is 5.94. The van der Waals surface area contributed by atoms with E-state index in [0.29, 0.717) is 12.2 Å². The molecule has 1 unspecified atom stereocenters. The van der Waals surface area contributed by atoms with Crippen LogP contribution in [0.3, 0.4) is 0 Å². The zero-order valence-corrected chi connectivity index (χ0v) is 8.73. The lowest BCUT2D eigenvalue weighted by molar-refractivity contribution is 0.101. The minimum Gasteiger partial charge on any atom is -0.488 e. The van der Waals surface area contributed by atoms with Crippen LogP contribution in [-0.2, 0) is 4.74 Å². The smallest absolute Gasteiger partial charge is 0.159 e. The highest BCUT2D eigenvalue weighted by atomic mass is 16.5. The summed E-state index contributed by atoms with van der Waals surface area (Å²) in [6.07, 6.45) is 1.05. The van der Waals surface area contributed by atoms with Gasteiger partial charge in [0.2, 0.25) is 0 Å². The van der Waals surface area contributed by atoms with Crippen molar-refractivity contribution in [1.82, 2.24) is 0 Å². The minimum absolute atomic E-state index is 0.0584. The number of carbonyl (C=O) groups is 1. The molecule has 1 saturated heterocycles. The molecule has 80 valence electrons. The Kier molecular flexibility index (Phi) is 3.02. The summed E-state index contributed by atoms with van der Waals surface area (Å²) in [5, 5.41) is 0. The maximum absolute atomic E-state index is 11.2. The number of benzene rings is 1. The zero-order chi connectivity index (χ0) is 10.7. The van der Waals surface area contributed by atoms with Crippen LogP contribution in [0.15, 0.2) is 24.3 Å². The van der Waals surface area contributed by atoms with E-state index in [9.17, 15) is 4.79 Å². The summed E-state index contributed by atoms with van der Waals surface area (Å²) in [6, 6.07) is 7.27. The fourth-order valence-corrected chi connectivity index (χ4v) is 1.59. The predicted octanol–water partition coefficient (Wildman–Crippen LogP) is 2.06. The van der Waals surface area contributed by atoms with Gasteiger partial charge in [0.25, 0.3) is 0 Å². The predicted molar refractivity (Wildman–Crippen MR) is 56.3 cm³/mol. The maximum Gasteiger partial charge on any atom is 0.159 e. The largest absolute Gasteiger partial charge is 0.488 e. The molecule has 0 radical (unpaired) electrons. The van der Waals surface area contributed by atoms with E-state index in [2.05, 4.69) is 0 Å². The van der Waals surface area contributed by atoms with Gasteiger partial charge in [0.15, 0.2) is 5.78 Å². The molecule has 1 aliphatic rings. The lowest BCUT2D eigenvalue weighted by Gasteiger charge is -2.11. The number of rotatable bonds is 3. The van der Waals surface area contributed by atoms with Gasteiger partial charge in [-0.3, -0.25) is 4.79 Å². The molecule has 0 spiro atoms. The summed E-state index contributed by atoms with van der Waals surface area (Å²) < 4.78 is 10.9. The van der Waals surface area contributed by atoms with E-state index in [-0.39, 0.29) is 11.9 Å². The molecule has 0 bridgehead atoms. The van der Waals surface area contributed by atoms with Crippen molar-refractivity contribution in [2.75, 3.05) is 13.2 Å². The van der Waals surface area contributed by atoms with E-state index in [0.717, 1.165) is 18.8 Å². The third kappa shape index (κ3) is 2.57. The Hall–Kier alpha value is -1.35. The lowest BCUT2D eigenvalue weighted by Crippen LogP contribution is -2.15. The van der Waals surface area contributed by atoms with Gasteiger partial charge < -0.3 is 9.47 Å². The summed E-state index contributed by atoms with van der Waals surface area (Å²) in [6.45, 7) is 2.96. The summed E-state index contributed by atoms with van der Waals surface area (Å²) in [5.41, 5.74) is 0.686. The fourth-order valence-electron chi connectivity index (χ4n) is 1.59. The molecule has 1 aromatic rings. The third-order valence-corrected chi connectivity index (χ3v) is 2.43. The van der Waals surface area contributed by atoms with E-state index in [1.54, 1.807) is 19.1 Å². The molecule has 0 saturated carbocycles. The standard InChI is InChI=1S/C12H14O3/c1-9(13)10-3-2-4-11(7-10)15-12-5-6-14-8-12/h2-4,7,12H,5-6,8H2,1H3. The van der Waals surface area contributed by atoms with E-state index in [1.165, 1.54) is 0 Å². The summed E-state index contributed by atoms with van der Waals surface area (Å²) >= 11 is 0. The van der Waals surface area contributed by atoms with Crippen LogP contribution < -0.4 is 4.74 Å². The molecular weight excluding hydrogens is 192 g/mol. The van der Waals surface area contributed by atoms with Crippen molar-refractivity contribution in [3.63, 3.8) is 0 Å². The van der Waals surface area contributed by atoms with Crippen molar-refractivity contribution < 1.29 is 14.3 Å². The van der Waals surface area contributed by atoms with Crippen LogP contribution in [0.4, 0.5) is 0 Å². The molecule has 3 nitrogen and oxygen atoms in total. The van der Waals surface area contributed by atoms with Crippen LogP contribution in [0.5, 0.6) is 5.75 Å². The molecule has 1 fully saturated rings. The Balaban J connectivity index is 2.07. The van der Waals surface area contributed by atoms with Gasteiger partial charge in [-0.1, -0.05) is 12.1 Å². The SMILES string of the molecule is CC(=O)c1cccc(OC2CCOC2)c1. The van der Waals surface area contributed by atoms with Gasteiger partial charge in [-0.2, -0.15) is 0 Å². The highest BCUT2D eigenvalue weighted by Gasteiger charge is 2.17. The number of hydrogen-bond donors (Lipinski definition) is 0. The Bertz CT molecular complexity index is 354. The second-order valence-corrected chi connectivity index (χ2v) is 3.69. The molecule has 15 heavy (non-hydrogen) atoms. The topological polar surface area (TPSA) is 35.5 Å². The molecule has 1 aromatic carbocycles. The first-order valence-corrected chi connectivity index (χ1v) is 5.11. The number of ether oxygens (including phenoxy) is 2. The van der Waals surface area contributed by atoms with Crippen molar-refractivity contribution >= 4 is 5.78 Å². The van der Waals surface area contributed by atoms with Crippen LogP contribution in [-0.4, -0.2) is 25.1 Å². The first-order valence-electron chi connectivity index (χ1n) is 5.11. The zero-order valence-electron chi connectivity index (χ0n) is 8.73. The van der Waals surface area contributed by atoms with Gasteiger partial charge in [0.1, 0.15) is 11.9 Å². The van der Waals surface area contributed by atoms with E-state index >= 15 is 0 Å². The molecule has 0 aromatic heterocycles. The Morgan fingerprint density at radius 3 is 3.07 bits per heavy atom. The van der Waals surface area contributed by atoms with Gasteiger partial charge in [0, 0.05) is 12.0 Å².